The van der Waals surface area contributed by atoms with Gasteiger partial charge in [0, 0.05) is 18.6 Å². The number of aromatic nitrogens is 2. The molecule has 0 fully saturated rings. The molecule has 2 aliphatic heterocycles. The maximum Gasteiger partial charge on any atom is 0.212 e. The molecule has 9 nitrogen and oxygen atoms in total. The van der Waals surface area contributed by atoms with Gasteiger partial charge in [0.2, 0.25) is 5.95 Å². The molecule has 2 aromatic heterocycles. The summed E-state index contributed by atoms with van der Waals surface area (Å²) in [5.41, 5.74) is 8.16. The molecule has 0 spiro atoms. The number of anilines is 1. The van der Waals surface area contributed by atoms with Gasteiger partial charge in [-0.25, -0.2) is 9.98 Å². The third-order valence-corrected chi connectivity index (χ3v) is 5.29. The standard InChI is InChI=1S/C21H17N5O4/c22-20-24-19(12-10-30-15-5-2-1-4-11(15)18(12)27)26-14-9-17-16(28-6-3-7-29-17)8-13(14)23-21(26)25-20/h1-2,4-5,8-10,19H,3,6-7H2,(H3,22,23,24,25)/t19-/m0/s1. The molecule has 4 heterocycles. The third-order valence-electron chi connectivity index (χ3n) is 5.29. The number of aliphatic imine (C=N–C) groups is 1. The zero-order chi connectivity index (χ0) is 20.2. The van der Waals surface area contributed by atoms with Crippen molar-refractivity contribution in [3.63, 3.8) is 0 Å². The Labute approximate surface area is 169 Å². The van der Waals surface area contributed by atoms with Crippen molar-refractivity contribution in [2.24, 2.45) is 10.7 Å². The van der Waals surface area contributed by atoms with E-state index in [-0.39, 0.29) is 11.4 Å². The second-order valence-electron chi connectivity index (χ2n) is 7.17. The van der Waals surface area contributed by atoms with Crippen LogP contribution >= 0.6 is 0 Å². The number of para-hydroxylation sites is 1. The van der Waals surface area contributed by atoms with Crippen LogP contribution in [0.3, 0.4) is 0 Å². The second-order valence-corrected chi connectivity index (χ2v) is 7.17. The van der Waals surface area contributed by atoms with Crippen LogP contribution < -0.4 is 26.0 Å². The van der Waals surface area contributed by atoms with Gasteiger partial charge in [-0.3, -0.25) is 14.7 Å². The highest BCUT2D eigenvalue weighted by Crippen LogP contribution is 2.38. The van der Waals surface area contributed by atoms with Crippen molar-refractivity contribution in [2.45, 2.75) is 12.6 Å². The molecule has 6 rings (SSSR count). The van der Waals surface area contributed by atoms with E-state index < -0.39 is 6.17 Å². The molecule has 0 radical (unpaired) electrons. The zero-order valence-electron chi connectivity index (χ0n) is 15.8. The van der Waals surface area contributed by atoms with Gasteiger partial charge in [-0.2, -0.15) is 0 Å². The summed E-state index contributed by atoms with van der Waals surface area (Å²) in [6.07, 6.45) is 1.52. The Kier molecular flexibility index (Phi) is 3.52. The van der Waals surface area contributed by atoms with E-state index in [1.165, 1.54) is 6.26 Å². The van der Waals surface area contributed by atoms with E-state index in [1.807, 2.05) is 22.8 Å². The number of ether oxygens (including phenoxy) is 2. The van der Waals surface area contributed by atoms with Crippen LogP contribution in [0.5, 0.6) is 11.5 Å². The SMILES string of the molecule is NC1=N[C@H](c2coc3ccccc3c2=O)n2c(nc3cc4c(cc32)OCCCO4)N1. The number of fused-ring (bicyclic) bond motifs is 5. The van der Waals surface area contributed by atoms with Crippen LogP contribution in [0.4, 0.5) is 5.95 Å². The van der Waals surface area contributed by atoms with E-state index in [1.54, 1.807) is 18.2 Å². The Morgan fingerprint density at radius 2 is 1.93 bits per heavy atom. The summed E-state index contributed by atoms with van der Waals surface area (Å²) in [5.74, 6) is 1.93. The van der Waals surface area contributed by atoms with Gasteiger partial charge >= 0.3 is 0 Å². The summed E-state index contributed by atoms with van der Waals surface area (Å²) in [4.78, 5) is 22.3. The number of nitrogens with zero attached hydrogens (tertiary/aromatic N) is 3. The highest BCUT2D eigenvalue weighted by Gasteiger charge is 2.29. The lowest BCUT2D eigenvalue weighted by Gasteiger charge is -2.23. The summed E-state index contributed by atoms with van der Waals surface area (Å²) >= 11 is 0. The van der Waals surface area contributed by atoms with E-state index in [4.69, 9.17) is 19.6 Å². The van der Waals surface area contributed by atoms with Gasteiger partial charge in [0.15, 0.2) is 29.1 Å². The van der Waals surface area contributed by atoms with Gasteiger partial charge in [0.05, 0.1) is 35.2 Å². The van der Waals surface area contributed by atoms with Crippen molar-refractivity contribution in [1.82, 2.24) is 9.55 Å². The fourth-order valence-corrected chi connectivity index (χ4v) is 3.90. The van der Waals surface area contributed by atoms with Crippen LogP contribution in [0.25, 0.3) is 22.0 Å². The van der Waals surface area contributed by atoms with Crippen LogP contribution in [0, 0.1) is 0 Å². The average molecular weight is 403 g/mol. The van der Waals surface area contributed by atoms with E-state index in [2.05, 4.69) is 15.3 Å². The monoisotopic (exact) mass is 403 g/mol. The Balaban J connectivity index is 1.59. The van der Waals surface area contributed by atoms with Gasteiger partial charge in [-0.15, -0.1) is 0 Å². The summed E-state index contributed by atoms with van der Waals surface area (Å²) in [7, 11) is 0. The third kappa shape index (κ3) is 2.45. The molecule has 2 aliphatic rings. The van der Waals surface area contributed by atoms with E-state index in [0.717, 1.165) is 11.9 Å². The van der Waals surface area contributed by atoms with Crippen molar-refractivity contribution in [1.29, 1.82) is 0 Å². The van der Waals surface area contributed by atoms with Crippen LogP contribution in [-0.2, 0) is 0 Å². The molecule has 3 N–H and O–H groups in total. The zero-order valence-corrected chi connectivity index (χ0v) is 15.8. The van der Waals surface area contributed by atoms with E-state index in [9.17, 15) is 4.79 Å². The van der Waals surface area contributed by atoms with Crippen molar-refractivity contribution in [3.05, 3.63) is 58.4 Å². The molecule has 0 saturated heterocycles. The number of guanidine groups is 1. The Bertz CT molecular complexity index is 1400. The van der Waals surface area contributed by atoms with Crippen LogP contribution in [0.1, 0.15) is 18.2 Å². The summed E-state index contributed by atoms with van der Waals surface area (Å²) in [5, 5.41) is 3.46. The smallest absolute Gasteiger partial charge is 0.212 e. The number of rotatable bonds is 1. The topological polar surface area (TPSA) is 117 Å². The Morgan fingerprint density at radius 3 is 2.80 bits per heavy atom. The first-order valence-corrected chi connectivity index (χ1v) is 9.61. The molecule has 9 heteroatoms. The largest absolute Gasteiger partial charge is 0.489 e. The van der Waals surface area contributed by atoms with Gasteiger partial charge < -0.3 is 19.6 Å². The Hall–Kier alpha value is -4.01. The molecule has 4 aromatic rings. The molecule has 0 unspecified atom stereocenters. The first-order chi connectivity index (χ1) is 14.7. The number of imidazole rings is 1. The highest BCUT2D eigenvalue weighted by atomic mass is 16.5. The molecule has 2 aromatic carbocycles. The molecule has 0 saturated carbocycles. The predicted octanol–water partition coefficient (Wildman–Crippen LogP) is 2.59. The lowest BCUT2D eigenvalue weighted by molar-refractivity contribution is 0.297. The molecule has 30 heavy (non-hydrogen) atoms. The van der Waals surface area contributed by atoms with Gasteiger partial charge in [-0.05, 0) is 12.1 Å². The molecule has 1 atom stereocenters. The number of nitrogens with one attached hydrogen (secondary N) is 1. The highest BCUT2D eigenvalue weighted by molar-refractivity contribution is 5.95. The molecule has 0 aliphatic carbocycles. The molecule has 0 amide bonds. The summed E-state index contributed by atoms with van der Waals surface area (Å²) < 4.78 is 19.1. The fourth-order valence-electron chi connectivity index (χ4n) is 3.90. The minimum Gasteiger partial charge on any atom is -0.489 e. The van der Waals surface area contributed by atoms with Crippen LogP contribution in [-0.4, -0.2) is 28.7 Å². The van der Waals surface area contributed by atoms with Crippen molar-refractivity contribution < 1.29 is 13.9 Å². The minimum atomic E-state index is -0.725. The fraction of sp³-hybridized carbons (Fsp3) is 0.190. The van der Waals surface area contributed by atoms with E-state index >= 15 is 0 Å². The van der Waals surface area contributed by atoms with Gasteiger partial charge in [0.1, 0.15) is 11.8 Å². The molecular formula is C21H17N5O4. The normalized spacial score (nSPS) is 17.9. The first-order valence-electron chi connectivity index (χ1n) is 9.61. The van der Waals surface area contributed by atoms with Gasteiger partial charge in [0.25, 0.3) is 0 Å². The second kappa shape index (κ2) is 6.24. The van der Waals surface area contributed by atoms with Crippen molar-refractivity contribution in [2.75, 3.05) is 18.5 Å². The van der Waals surface area contributed by atoms with Crippen LogP contribution in [0.2, 0.25) is 0 Å². The summed E-state index contributed by atoms with van der Waals surface area (Å²) in [6.45, 7) is 1.15. The van der Waals surface area contributed by atoms with Gasteiger partial charge in [-0.1, -0.05) is 12.1 Å². The molecule has 0 bridgehead atoms. The van der Waals surface area contributed by atoms with Crippen molar-refractivity contribution in [3.8, 4) is 11.5 Å². The molecule has 150 valence electrons. The van der Waals surface area contributed by atoms with E-state index in [0.29, 0.717) is 52.7 Å². The minimum absolute atomic E-state index is 0.164. The van der Waals surface area contributed by atoms with Crippen molar-refractivity contribution >= 4 is 33.9 Å². The Morgan fingerprint density at radius 1 is 1.13 bits per heavy atom. The number of hydrogen-bond acceptors (Lipinski definition) is 8. The van der Waals surface area contributed by atoms with Crippen LogP contribution in [0.15, 0.2) is 56.9 Å². The maximum atomic E-state index is 13.2. The predicted molar refractivity (Wildman–Crippen MR) is 111 cm³/mol. The molecular weight excluding hydrogens is 386 g/mol. The number of benzene rings is 2. The lowest BCUT2D eigenvalue weighted by atomic mass is 10.1. The maximum absolute atomic E-state index is 13.2. The average Bonchev–Trinajstić information content (AvgIpc) is 2.93. The lowest BCUT2D eigenvalue weighted by Crippen LogP contribution is -2.33. The quantitative estimate of drug-likeness (QED) is 0.502. The first kappa shape index (κ1) is 16.9. The number of nitrogens with two attached hydrogens (primary N) is 1. The number of hydrogen-bond donors (Lipinski definition) is 2. The summed E-state index contributed by atoms with van der Waals surface area (Å²) in [6, 6.07) is 10.8.